The van der Waals surface area contributed by atoms with Crippen LogP contribution in [0.4, 0.5) is 10.5 Å². The van der Waals surface area contributed by atoms with Crippen LogP contribution in [0.15, 0.2) is 42.5 Å². The molecule has 36 heavy (non-hydrogen) atoms. The van der Waals surface area contributed by atoms with Crippen molar-refractivity contribution in [1.29, 1.82) is 0 Å². The van der Waals surface area contributed by atoms with Crippen molar-refractivity contribution in [3.63, 3.8) is 0 Å². The van der Waals surface area contributed by atoms with Gasteiger partial charge in [-0.3, -0.25) is 14.9 Å². The lowest BCUT2D eigenvalue weighted by Crippen LogP contribution is -2.61. The molecular weight excluding hydrogens is 490 g/mol. The topological polar surface area (TPSA) is 162 Å². The number of primary amides is 1. The number of esters is 1. The molecule has 2 amide bonds. The van der Waals surface area contributed by atoms with Crippen LogP contribution in [0.5, 0.6) is 0 Å². The van der Waals surface area contributed by atoms with Crippen LogP contribution in [0, 0.1) is 23.0 Å². The van der Waals surface area contributed by atoms with Crippen LogP contribution in [0.1, 0.15) is 29.5 Å². The number of imidazole rings is 1. The van der Waals surface area contributed by atoms with Crippen molar-refractivity contribution >= 4 is 45.3 Å². The van der Waals surface area contributed by atoms with E-state index in [1.807, 2.05) is 6.92 Å². The Morgan fingerprint density at radius 2 is 2.06 bits per heavy atom. The first kappa shape index (κ1) is 23.6. The largest absolute Gasteiger partial charge is 0.456 e. The van der Waals surface area contributed by atoms with Crippen LogP contribution in [-0.4, -0.2) is 49.6 Å². The number of carbonyl (C=O) groups is 3. The number of nitro benzene ring substituents is 1. The predicted octanol–water partition coefficient (Wildman–Crippen LogP) is 1.50. The Labute approximate surface area is 207 Å². The van der Waals surface area contributed by atoms with E-state index in [-0.39, 0.29) is 29.9 Å². The number of rotatable bonds is 6. The number of aliphatic hydroxyl groups is 1. The number of nitrogens with two attached hydrogens (primary N) is 1. The van der Waals surface area contributed by atoms with Gasteiger partial charge in [0, 0.05) is 17.7 Å². The lowest BCUT2D eigenvalue weighted by Gasteiger charge is -2.44. The summed E-state index contributed by atoms with van der Waals surface area (Å²) in [6, 6.07) is 4.64. The van der Waals surface area contributed by atoms with Gasteiger partial charge in [-0.2, -0.15) is 8.97 Å². The van der Waals surface area contributed by atoms with Gasteiger partial charge < -0.3 is 20.5 Å². The van der Waals surface area contributed by atoms with Crippen molar-refractivity contribution in [3.05, 3.63) is 68.7 Å². The minimum Gasteiger partial charge on any atom is -0.456 e. The zero-order valence-electron chi connectivity index (χ0n) is 19.3. The molecule has 0 aliphatic carbocycles. The van der Waals surface area contributed by atoms with Gasteiger partial charge in [-0.25, -0.2) is 9.59 Å². The highest BCUT2D eigenvalue weighted by Crippen LogP contribution is 2.48. The Hall–Kier alpha value is -4.10. The molecule has 3 N–H and O–H groups in total. The molecule has 3 aromatic rings. The molecular formula is C23H22N5O7S+. The lowest BCUT2D eigenvalue weighted by molar-refractivity contribution is -0.515. The fourth-order valence-corrected chi connectivity index (χ4v) is 6.01. The number of hydrogen-bond donors (Lipinski definition) is 2. The van der Waals surface area contributed by atoms with Crippen LogP contribution in [0.2, 0.25) is 0 Å². The van der Waals surface area contributed by atoms with Crippen molar-refractivity contribution in [2.24, 2.45) is 11.7 Å². The number of ether oxygens (including phenoxy) is 1. The summed E-state index contributed by atoms with van der Waals surface area (Å²) in [5.74, 6) is -1.67. The van der Waals surface area contributed by atoms with Gasteiger partial charge in [0.15, 0.2) is 6.20 Å². The molecule has 1 saturated heterocycles. The number of benzene rings is 1. The molecule has 0 radical (unpaired) electrons. The quantitative estimate of drug-likeness (QED) is 0.166. The number of thiazole rings is 1. The third-order valence-electron chi connectivity index (χ3n) is 6.59. The first-order chi connectivity index (χ1) is 17.1. The molecule has 1 aromatic carbocycles. The average Bonchev–Trinajstić information content (AvgIpc) is 3.48. The Balaban J connectivity index is 1.49. The van der Waals surface area contributed by atoms with Crippen molar-refractivity contribution in [3.8, 4) is 0 Å². The molecule has 2 aromatic heterocycles. The molecule has 0 bridgehead atoms. The van der Waals surface area contributed by atoms with Crippen LogP contribution >= 0.6 is 11.3 Å². The molecule has 186 valence electrons. The van der Waals surface area contributed by atoms with Gasteiger partial charge in [0.05, 0.1) is 27.9 Å². The summed E-state index contributed by atoms with van der Waals surface area (Å²) in [7, 11) is 0. The fraction of sp³-hybridized carbons (Fsp3) is 0.304. The van der Waals surface area contributed by atoms with Gasteiger partial charge >= 0.3 is 12.0 Å². The maximum absolute atomic E-state index is 13.3. The highest BCUT2D eigenvalue weighted by atomic mass is 32.1. The Morgan fingerprint density at radius 1 is 1.36 bits per heavy atom. The van der Waals surface area contributed by atoms with E-state index in [0.717, 1.165) is 15.4 Å². The van der Waals surface area contributed by atoms with E-state index in [1.54, 1.807) is 23.8 Å². The molecule has 0 spiro atoms. The molecule has 4 heterocycles. The summed E-state index contributed by atoms with van der Waals surface area (Å²) in [5, 5.41) is 21.0. The van der Waals surface area contributed by atoms with Gasteiger partial charge in [0.25, 0.3) is 12.0 Å². The van der Waals surface area contributed by atoms with Crippen molar-refractivity contribution < 1.29 is 33.6 Å². The monoisotopic (exact) mass is 512 g/mol. The number of carbonyl (C=O) groups excluding carboxylic acids is 3. The SMILES string of the molecule is Cc1c(C2=C(C(=O)OCc3ccc([N+](=O)[O-])cc3)N3C(=O)[C@H]([C@@H](C)O)[C@H]3C2)sc2cn(C(N)=O)c[n+]12. The van der Waals surface area contributed by atoms with Crippen LogP contribution in [0.3, 0.4) is 0 Å². The van der Waals surface area contributed by atoms with E-state index in [2.05, 4.69) is 0 Å². The number of aromatic nitrogens is 2. The van der Waals surface area contributed by atoms with Crippen LogP contribution in [-0.2, 0) is 20.9 Å². The highest BCUT2D eigenvalue weighted by molar-refractivity contribution is 7.18. The van der Waals surface area contributed by atoms with Crippen molar-refractivity contribution in [2.75, 3.05) is 0 Å². The van der Waals surface area contributed by atoms with E-state index < -0.39 is 28.9 Å². The first-order valence-electron chi connectivity index (χ1n) is 11.1. The second-order valence-corrected chi connectivity index (χ2v) is 9.82. The Bertz CT molecular complexity index is 1470. The second-order valence-electron chi connectivity index (χ2n) is 8.79. The first-order valence-corrected chi connectivity index (χ1v) is 11.9. The van der Waals surface area contributed by atoms with Crippen molar-refractivity contribution in [1.82, 2.24) is 9.47 Å². The van der Waals surface area contributed by atoms with Crippen LogP contribution in [0.25, 0.3) is 10.4 Å². The molecule has 0 saturated carbocycles. The maximum atomic E-state index is 13.3. The Morgan fingerprint density at radius 3 is 2.64 bits per heavy atom. The number of β-lactam (4-membered cyclic amide) rings is 1. The summed E-state index contributed by atoms with van der Waals surface area (Å²) in [6.07, 6.45) is 2.63. The molecule has 0 unspecified atom stereocenters. The molecule has 3 atom stereocenters. The van der Waals surface area contributed by atoms with Gasteiger partial charge in [0.2, 0.25) is 10.7 Å². The molecule has 1 fully saturated rings. The number of nitro groups is 1. The lowest BCUT2D eigenvalue weighted by atomic mass is 9.83. The number of fused-ring (bicyclic) bond motifs is 2. The Kier molecular flexibility index (Phi) is 5.60. The molecule has 2 aliphatic heterocycles. The fourth-order valence-electron chi connectivity index (χ4n) is 4.80. The number of aliphatic hydroxyl groups excluding tert-OH is 1. The third-order valence-corrected chi connectivity index (χ3v) is 7.85. The molecule has 13 heteroatoms. The van der Waals surface area contributed by atoms with Crippen molar-refractivity contribution in [2.45, 2.75) is 39.0 Å². The average molecular weight is 513 g/mol. The third kappa shape index (κ3) is 3.63. The number of non-ortho nitro benzene ring substituents is 1. The van der Waals surface area contributed by atoms with Gasteiger partial charge in [-0.15, -0.1) is 0 Å². The van der Waals surface area contributed by atoms with Crippen LogP contribution < -0.4 is 10.1 Å². The summed E-state index contributed by atoms with van der Waals surface area (Å²) < 4.78 is 8.55. The van der Waals surface area contributed by atoms with E-state index >= 15 is 0 Å². The summed E-state index contributed by atoms with van der Waals surface area (Å²) in [5.41, 5.74) is 7.35. The zero-order chi connectivity index (χ0) is 25.9. The predicted molar refractivity (Wildman–Crippen MR) is 125 cm³/mol. The van der Waals surface area contributed by atoms with Gasteiger partial charge in [-0.1, -0.05) is 11.3 Å². The van der Waals surface area contributed by atoms with E-state index in [4.69, 9.17) is 10.5 Å². The summed E-state index contributed by atoms with van der Waals surface area (Å²) in [6.45, 7) is 3.25. The minimum atomic E-state index is -0.870. The summed E-state index contributed by atoms with van der Waals surface area (Å²) >= 11 is 1.35. The standard InChI is InChI=1S/C23H21N5O7S/c1-11-20(36-17-8-25(23(24)32)10-26(11)17)15-7-16-18(12(2)29)21(30)27(16)19(15)22(31)35-9-13-3-5-14(6-4-13)28(33)34/h3-6,8,10,12,16,18,29H,7,9H2,1-2H3,(H-,24,32)/p+1/t12-,16-,18-/m1/s1. The number of hydrogen-bond acceptors (Lipinski definition) is 8. The van der Waals surface area contributed by atoms with Gasteiger partial charge in [-0.05, 0) is 38.0 Å². The number of aryl methyl sites for hydroxylation is 1. The normalized spacial score (nSPS) is 19.9. The molecule has 2 aliphatic rings. The second kappa shape index (κ2) is 8.53. The smallest absolute Gasteiger partial charge is 0.410 e. The van der Waals surface area contributed by atoms with E-state index in [0.29, 0.717) is 17.6 Å². The minimum absolute atomic E-state index is 0.0775. The van der Waals surface area contributed by atoms with Gasteiger partial charge in [0.1, 0.15) is 18.0 Å². The highest BCUT2D eigenvalue weighted by Gasteiger charge is 2.57. The maximum Gasteiger partial charge on any atom is 0.410 e. The molecule has 12 nitrogen and oxygen atoms in total. The zero-order valence-corrected chi connectivity index (χ0v) is 20.1. The van der Waals surface area contributed by atoms with E-state index in [9.17, 15) is 29.6 Å². The molecule has 5 rings (SSSR count). The summed E-state index contributed by atoms with van der Waals surface area (Å²) in [4.78, 5) is 50.9. The van der Waals surface area contributed by atoms with E-state index in [1.165, 1.54) is 45.1 Å². The number of nitrogens with zero attached hydrogens (tertiary/aromatic N) is 4. The number of amides is 2.